The van der Waals surface area contributed by atoms with Gasteiger partial charge in [-0.05, 0) is 12.8 Å². The van der Waals surface area contributed by atoms with Crippen LogP contribution in [-0.2, 0) is 4.79 Å². The molecule has 1 fully saturated rings. The van der Waals surface area contributed by atoms with Gasteiger partial charge < -0.3 is 5.11 Å². The van der Waals surface area contributed by atoms with Crippen molar-refractivity contribution in [2.45, 2.75) is 12.8 Å². The number of carbonyl (C=O) groups is 1. The normalized spacial score (nSPS) is 20.2. The number of carboxylic acid groups (broad SMARTS) is 1. The van der Waals surface area contributed by atoms with Crippen LogP contribution in [0.3, 0.4) is 0 Å². The largest absolute Gasteiger partial charge is 0.480 e. The number of carboxylic acids is 1. The molecule has 1 aliphatic heterocycles. The van der Waals surface area contributed by atoms with Crippen LogP contribution in [0.25, 0.3) is 0 Å². The number of hydrogen-bond acceptors (Lipinski definition) is 2. The Kier molecular flexibility index (Phi) is 2.65. The van der Waals surface area contributed by atoms with Gasteiger partial charge in [0.2, 0.25) is 0 Å². The molecule has 0 radical (unpaired) electrons. The summed E-state index contributed by atoms with van der Waals surface area (Å²) in [5.74, 6) is -0.738. The van der Waals surface area contributed by atoms with Gasteiger partial charge in [-0.2, -0.15) is 0 Å². The maximum Gasteiger partial charge on any atom is 0.317 e. The highest BCUT2D eigenvalue weighted by Gasteiger charge is 2.14. The van der Waals surface area contributed by atoms with Gasteiger partial charge in [-0.25, -0.2) is 0 Å². The average molecular weight is 155 g/mol. The second kappa shape index (κ2) is 3.53. The molecule has 0 spiro atoms. The molecule has 0 bridgehead atoms. The van der Waals surface area contributed by atoms with E-state index in [1.807, 2.05) is 4.90 Å². The quantitative estimate of drug-likeness (QED) is 0.597. The van der Waals surface area contributed by atoms with Crippen LogP contribution in [0, 0.1) is 0 Å². The van der Waals surface area contributed by atoms with E-state index in [1.54, 1.807) is 0 Å². The van der Waals surface area contributed by atoms with Crippen LogP contribution < -0.4 is 0 Å². The Morgan fingerprint density at radius 2 is 2.09 bits per heavy atom. The molecule has 1 N–H and O–H groups in total. The van der Waals surface area contributed by atoms with Crippen LogP contribution in [-0.4, -0.2) is 35.6 Å². The highest BCUT2D eigenvalue weighted by Crippen LogP contribution is 2.12. The molecule has 0 aliphatic carbocycles. The molecule has 3 heteroatoms. The Labute approximate surface area is 66.3 Å². The van der Waals surface area contributed by atoms with Crippen molar-refractivity contribution < 1.29 is 9.90 Å². The second-order valence-electron chi connectivity index (χ2n) is 2.92. The van der Waals surface area contributed by atoms with Gasteiger partial charge in [0.15, 0.2) is 0 Å². The molecule has 11 heavy (non-hydrogen) atoms. The molecule has 0 atom stereocenters. The number of piperidine rings is 1. The van der Waals surface area contributed by atoms with E-state index in [4.69, 9.17) is 5.11 Å². The molecule has 0 unspecified atom stereocenters. The molecule has 1 aliphatic rings. The van der Waals surface area contributed by atoms with Crippen molar-refractivity contribution in [3.05, 3.63) is 12.2 Å². The topological polar surface area (TPSA) is 40.5 Å². The Morgan fingerprint density at radius 3 is 2.55 bits per heavy atom. The Bertz CT molecular complexity index is 167. The smallest absolute Gasteiger partial charge is 0.317 e. The summed E-state index contributed by atoms with van der Waals surface area (Å²) < 4.78 is 0. The van der Waals surface area contributed by atoms with Crippen molar-refractivity contribution in [3.63, 3.8) is 0 Å². The van der Waals surface area contributed by atoms with Crippen LogP contribution in [0.4, 0.5) is 0 Å². The van der Waals surface area contributed by atoms with Crippen molar-refractivity contribution in [3.8, 4) is 0 Å². The Hall–Kier alpha value is -0.830. The molecule has 0 aromatic heterocycles. The van der Waals surface area contributed by atoms with Gasteiger partial charge in [0.1, 0.15) is 0 Å². The molecule has 1 heterocycles. The van der Waals surface area contributed by atoms with Gasteiger partial charge in [-0.1, -0.05) is 12.2 Å². The van der Waals surface area contributed by atoms with Crippen molar-refractivity contribution in [1.82, 2.24) is 4.90 Å². The SMILES string of the molecule is C=C1CCN(CC(=O)O)CC1. The minimum absolute atomic E-state index is 0.174. The van der Waals surface area contributed by atoms with E-state index in [-0.39, 0.29) is 6.54 Å². The van der Waals surface area contributed by atoms with Crippen molar-refractivity contribution >= 4 is 5.97 Å². The fraction of sp³-hybridized carbons (Fsp3) is 0.625. The standard InChI is InChI=1S/C8H13NO2/c1-7-2-4-9(5-3-7)6-8(10)11/h1-6H2,(H,10,11). The van der Waals surface area contributed by atoms with E-state index in [0.717, 1.165) is 25.9 Å². The Balaban J connectivity index is 2.28. The van der Waals surface area contributed by atoms with E-state index < -0.39 is 5.97 Å². The van der Waals surface area contributed by atoms with E-state index in [1.165, 1.54) is 5.57 Å². The first kappa shape index (κ1) is 8.27. The average Bonchev–Trinajstić information content (AvgIpc) is 1.93. The third-order valence-corrected chi connectivity index (χ3v) is 1.92. The first-order chi connectivity index (χ1) is 5.18. The minimum atomic E-state index is -0.738. The molecule has 3 nitrogen and oxygen atoms in total. The lowest BCUT2D eigenvalue weighted by atomic mass is 10.1. The van der Waals surface area contributed by atoms with Crippen molar-refractivity contribution in [2.75, 3.05) is 19.6 Å². The zero-order valence-electron chi connectivity index (χ0n) is 6.55. The maximum atomic E-state index is 10.3. The summed E-state index contributed by atoms with van der Waals surface area (Å²) in [6, 6.07) is 0. The lowest BCUT2D eigenvalue weighted by Gasteiger charge is -2.25. The summed E-state index contributed by atoms with van der Waals surface area (Å²) in [5.41, 5.74) is 1.24. The molecule has 0 amide bonds. The molecular weight excluding hydrogens is 142 g/mol. The van der Waals surface area contributed by atoms with Crippen molar-refractivity contribution in [2.24, 2.45) is 0 Å². The third kappa shape index (κ3) is 2.72. The summed E-state index contributed by atoms with van der Waals surface area (Å²) >= 11 is 0. The van der Waals surface area contributed by atoms with Gasteiger partial charge in [0.05, 0.1) is 6.54 Å². The van der Waals surface area contributed by atoms with Crippen LogP contribution >= 0.6 is 0 Å². The third-order valence-electron chi connectivity index (χ3n) is 1.92. The summed E-state index contributed by atoms with van der Waals surface area (Å²) in [6.07, 6.45) is 1.90. The summed E-state index contributed by atoms with van der Waals surface area (Å²) in [5, 5.41) is 8.47. The van der Waals surface area contributed by atoms with Gasteiger partial charge >= 0.3 is 5.97 Å². The van der Waals surface area contributed by atoms with E-state index in [2.05, 4.69) is 6.58 Å². The first-order valence-corrected chi connectivity index (χ1v) is 3.79. The first-order valence-electron chi connectivity index (χ1n) is 3.79. The van der Waals surface area contributed by atoms with Crippen LogP contribution in [0.15, 0.2) is 12.2 Å². The highest BCUT2D eigenvalue weighted by molar-refractivity contribution is 5.69. The van der Waals surface area contributed by atoms with Gasteiger partial charge in [0, 0.05) is 13.1 Å². The predicted octanol–water partition coefficient (Wildman–Crippen LogP) is 0.723. The highest BCUT2D eigenvalue weighted by atomic mass is 16.4. The summed E-state index contributed by atoms with van der Waals surface area (Å²) in [6.45, 7) is 5.73. The number of aliphatic carboxylic acids is 1. The maximum absolute atomic E-state index is 10.3. The second-order valence-corrected chi connectivity index (χ2v) is 2.92. The predicted molar refractivity (Wildman–Crippen MR) is 42.4 cm³/mol. The summed E-state index contributed by atoms with van der Waals surface area (Å²) in [4.78, 5) is 12.2. The van der Waals surface area contributed by atoms with Gasteiger partial charge in [0.25, 0.3) is 0 Å². The molecule has 1 saturated heterocycles. The summed E-state index contributed by atoms with van der Waals surface area (Å²) in [7, 11) is 0. The molecule has 62 valence electrons. The lowest BCUT2D eigenvalue weighted by molar-refractivity contribution is -0.138. The monoisotopic (exact) mass is 155 g/mol. The number of rotatable bonds is 2. The van der Waals surface area contributed by atoms with Crippen LogP contribution in [0.2, 0.25) is 0 Å². The number of nitrogens with zero attached hydrogens (tertiary/aromatic N) is 1. The van der Waals surface area contributed by atoms with Crippen LogP contribution in [0.5, 0.6) is 0 Å². The number of hydrogen-bond donors (Lipinski definition) is 1. The van der Waals surface area contributed by atoms with E-state index in [0.29, 0.717) is 0 Å². The van der Waals surface area contributed by atoms with Crippen molar-refractivity contribution in [1.29, 1.82) is 0 Å². The Morgan fingerprint density at radius 1 is 1.55 bits per heavy atom. The molecule has 0 aromatic carbocycles. The van der Waals surface area contributed by atoms with E-state index >= 15 is 0 Å². The zero-order valence-corrected chi connectivity index (χ0v) is 6.55. The fourth-order valence-electron chi connectivity index (χ4n) is 1.22. The van der Waals surface area contributed by atoms with E-state index in [9.17, 15) is 4.79 Å². The van der Waals surface area contributed by atoms with Crippen LogP contribution in [0.1, 0.15) is 12.8 Å². The van der Waals surface area contributed by atoms with Gasteiger partial charge in [-0.15, -0.1) is 0 Å². The zero-order chi connectivity index (χ0) is 8.27. The van der Waals surface area contributed by atoms with Gasteiger partial charge in [-0.3, -0.25) is 9.69 Å². The lowest BCUT2D eigenvalue weighted by Crippen LogP contribution is -2.34. The fourth-order valence-corrected chi connectivity index (χ4v) is 1.22. The number of likely N-dealkylation sites (tertiary alicyclic amines) is 1. The molecule has 0 saturated carbocycles. The minimum Gasteiger partial charge on any atom is -0.480 e. The molecule has 0 aromatic rings. The molecular formula is C8H13NO2. The molecule has 1 rings (SSSR count).